The quantitative estimate of drug-likeness (QED) is 0.0120. The molecule has 7 aromatic rings. The van der Waals surface area contributed by atoms with Gasteiger partial charge in [-0.3, -0.25) is 38.3 Å². The molecule has 9 heterocycles. The van der Waals surface area contributed by atoms with Gasteiger partial charge in [-0.15, -0.1) is 5.10 Å². The zero-order valence-corrected chi connectivity index (χ0v) is 84.3. The number of halogens is 3. The molecule has 1 aliphatic carbocycles. The number of esters is 1. The number of aromatic nitrogens is 9. The number of benzene rings is 2. The summed E-state index contributed by atoms with van der Waals surface area (Å²) < 4.78 is 121. The number of hydrogen-bond donors (Lipinski definition) is 4. The number of ether oxygens (including phenoxy) is 12. The zero-order valence-electron chi connectivity index (χ0n) is 84.3. The summed E-state index contributed by atoms with van der Waals surface area (Å²) in [7, 11) is 6.30. The number of nitrogens with zero attached hydrogens (tertiary/aromatic N) is 12. The Morgan fingerprint density at radius 3 is 2.06 bits per heavy atom. The van der Waals surface area contributed by atoms with Crippen LogP contribution >= 0.6 is 0 Å². The summed E-state index contributed by atoms with van der Waals surface area (Å²) in [6.45, 7) is 21.8. The van der Waals surface area contributed by atoms with Crippen LogP contribution in [-0.4, -0.2) is 289 Å². The maximum absolute atomic E-state index is 15.1. The predicted molar refractivity (Wildman–Crippen MR) is 529 cm³/mol. The highest BCUT2D eigenvalue weighted by molar-refractivity contribution is 6.39. The number of Topliss-reactive ketones (excluding diaryl/α,β-unsaturated/α-hetero) is 2. The van der Waals surface area contributed by atoms with E-state index in [9.17, 15) is 44.4 Å². The number of aryl methyl sites for hydroxylation is 3. The molecule has 1 saturated carbocycles. The number of aliphatic hydroxyl groups is 2. The number of fused-ring (bicyclic) bond motifs is 6. The lowest BCUT2D eigenvalue weighted by atomic mass is 9.78. The van der Waals surface area contributed by atoms with E-state index in [-0.39, 0.29) is 117 Å². The van der Waals surface area contributed by atoms with Crippen molar-refractivity contribution in [1.82, 2.24) is 54.3 Å². The number of unbranched alkanes of at least 4 members (excludes halogenated alkanes) is 1. The van der Waals surface area contributed by atoms with Crippen molar-refractivity contribution in [3.63, 3.8) is 0 Å². The van der Waals surface area contributed by atoms with Crippen LogP contribution < -0.4 is 20.8 Å². The molecule has 5 aromatic heterocycles. The van der Waals surface area contributed by atoms with E-state index in [1.54, 1.807) is 88.5 Å². The van der Waals surface area contributed by atoms with Crippen molar-refractivity contribution in [3.05, 3.63) is 160 Å². The Kier molecular flexibility index (Phi) is 42.1. The fourth-order valence-corrected chi connectivity index (χ4v) is 19.3. The number of pyridine rings is 2. The van der Waals surface area contributed by atoms with Crippen LogP contribution in [0.1, 0.15) is 167 Å². The first-order valence-electron chi connectivity index (χ1n) is 50.1. The number of aliphatic hydroxyl groups excluding tert-OH is 1. The van der Waals surface area contributed by atoms with Crippen molar-refractivity contribution in [2.75, 3.05) is 150 Å². The van der Waals surface area contributed by atoms with E-state index in [1.165, 1.54) is 27.2 Å². The van der Waals surface area contributed by atoms with E-state index >= 15 is 13.2 Å². The van der Waals surface area contributed by atoms with Crippen LogP contribution in [0.15, 0.2) is 132 Å². The number of imidazole rings is 1. The third-order valence-corrected chi connectivity index (χ3v) is 27.8. The molecule has 3 saturated heterocycles. The zero-order chi connectivity index (χ0) is 102. The monoisotopic (exact) mass is 1980 g/mol. The number of carbonyl (C=O) groups is 5. The van der Waals surface area contributed by atoms with E-state index < -0.39 is 89.3 Å². The van der Waals surface area contributed by atoms with Gasteiger partial charge < -0.3 is 92.5 Å². The van der Waals surface area contributed by atoms with E-state index in [2.05, 4.69) is 42.5 Å². The number of cyclic esters (lactones) is 1. The normalized spacial score (nSPS) is 25.7. The number of rotatable bonds is 39. The van der Waals surface area contributed by atoms with Crippen LogP contribution in [0.2, 0.25) is 0 Å². The van der Waals surface area contributed by atoms with Crippen molar-refractivity contribution in [2.45, 2.75) is 232 Å². The Morgan fingerprint density at radius 1 is 0.697 bits per heavy atom. The van der Waals surface area contributed by atoms with Gasteiger partial charge in [0.05, 0.1) is 150 Å². The largest absolute Gasteiger partial charge is 0.460 e. The Labute approximate surface area is 829 Å². The number of alkyl halides is 3. The highest BCUT2D eigenvalue weighted by Gasteiger charge is 2.54. The van der Waals surface area contributed by atoms with Gasteiger partial charge >= 0.3 is 17.8 Å². The molecule has 4 fully saturated rings. The lowest BCUT2D eigenvalue weighted by Crippen LogP contribution is -2.61. The van der Waals surface area contributed by atoms with Crippen LogP contribution in [0.25, 0.3) is 38.8 Å². The van der Waals surface area contributed by atoms with Crippen LogP contribution in [-0.2, 0) is 114 Å². The predicted octanol–water partition coefficient (Wildman–Crippen LogP) is 12.8. The Morgan fingerprint density at radius 2 is 1.39 bits per heavy atom. The molecule has 12 rings (SSSR count). The second kappa shape index (κ2) is 54.1. The molecule has 2 aromatic carbocycles. The fourth-order valence-electron chi connectivity index (χ4n) is 19.3. The highest BCUT2D eigenvalue weighted by atomic mass is 19.4. The highest BCUT2D eigenvalue weighted by Crippen LogP contribution is 2.43. The summed E-state index contributed by atoms with van der Waals surface area (Å²) in [5.41, 5.74) is 5.81. The van der Waals surface area contributed by atoms with Gasteiger partial charge in [-0.25, -0.2) is 24.2 Å². The van der Waals surface area contributed by atoms with Crippen molar-refractivity contribution in [3.8, 4) is 16.8 Å². The molecule has 2 bridgehead atoms. The average Bonchev–Trinajstić information content (AvgIpc) is 1.58. The lowest BCUT2D eigenvalue weighted by molar-refractivity contribution is -0.265. The van der Waals surface area contributed by atoms with Crippen molar-refractivity contribution in [2.24, 2.45) is 42.6 Å². The molecular formula is C105H145F3N14O20. The van der Waals surface area contributed by atoms with Gasteiger partial charge in [0.25, 0.3) is 11.7 Å². The number of anilines is 2. The molecule has 4 aliphatic heterocycles. The summed E-state index contributed by atoms with van der Waals surface area (Å²) >= 11 is 0. The minimum atomic E-state index is -4.74. The van der Waals surface area contributed by atoms with Gasteiger partial charge in [0, 0.05) is 164 Å². The number of methoxy groups -OCH3 is 3. The summed E-state index contributed by atoms with van der Waals surface area (Å²) in [5, 5.41) is 45.2. The first-order valence-corrected chi connectivity index (χ1v) is 50.1. The topological polar surface area (TPSA) is 391 Å². The number of ketones is 2. The molecular weight excluding hydrogens is 1830 g/mol. The lowest BCUT2D eigenvalue weighted by Gasteiger charge is -2.42. The molecule has 4 N–H and O–H groups in total. The molecule has 37 heteroatoms. The smallest absolute Gasteiger partial charge is 0.418 e. The van der Waals surface area contributed by atoms with Crippen LogP contribution in [0, 0.1) is 47.8 Å². The first kappa shape index (κ1) is 111. The standard InChI is InChI=1S/C105H145F3N14O20/c1-68-20-14-13-15-21-69(2)91(131-10)60-82-30-24-74(7)104(130,142-82)99(126)100(127)121-35-18-16-23-87(121)101(128)141-92(61-89(123)70(3)55-73(6)97(125)98(133-12)95(109)72(5)54-68)71(4)56-76-26-33-90(93(57-76)132-11)140-41-19-17-22-80-67-120(116-115-80)40-43-135-45-47-137-49-51-139-53-52-138-50-48-136-46-44-134-42-34-94(124)112-62-77-63-113-102(114-64-77)119-38-36-118(37-39-119)86-32-29-81(59-84(86)105(106,107)108)122-96-83-58-78(79-27-25-75(8)110-65-79)28-31-85(83)111-66-88(96)117(9)103(122)129/h13-15,20-21,25,27-29,31-32,55,58-59,63-68,70-72,74,76,82,87,90-93,97-98,109,125,130H,16-19,22-24,26,30,33-54,56-57,60-62H2,1-12H3,(H,112,124)/b15-13+,20-14+,69-21+,73-55+,109-95?/t68-,70-,71-,72-,74-,76+,82+,87+,90-,91+,92+,93-,97-,98+,104-/m1/s1. The van der Waals surface area contributed by atoms with Crippen LogP contribution in [0.3, 0.4) is 0 Å². The van der Waals surface area contributed by atoms with E-state index in [4.69, 9.17) is 56.8 Å². The summed E-state index contributed by atoms with van der Waals surface area (Å²) in [4.78, 5) is 108. The van der Waals surface area contributed by atoms with Crippen LogP contribution in [0.4, 0.5) is 24.8 Å². The van der Waals surface area contributed by atoms with Gasteiger partial charge in [-0.05, 0) is 181 Å². The summed E-state index contributed by atoms with van der Waals surface area (Å²) in [6.07, 6.45) is 18.7. The number of amides is 2. The van der Waals surface area contributed by atoms with Gasteiger partial charge in [0.1, 0.15) is 30.1 Å². The third kappa shape index (κ3) is 30.4. The molecule has 0 radical (unpaired) electrons. The molecule has 15 atom stereocenters. The van der Waals surface area contributed by atoms with Gasteiger partial charge in [-0.1, -0.05) is 88.4 Å². The molecule has 5 aliphatic rings. The van der Waals surface area contributed by atoms with Crippen molar-refractivity contribution in [1.29, 1.82) is 5.41 Å². The number of piperidine rings is 1. The number of piperazine rings is 1. The molecule has 776 valence electrons. The minimum Gasteiger partial charge on any atom is -0.460 e. The van der Waals surface area contributed by atoms with E-state index in [0.717, 1.165) is 66.3 Å². The average molecular weight is 1980 g/mol. The van der Waals surface area contributed by atoms with Gasteiger partial charge in [0.15, 0.2) is 0 Å². The summed E-state index contributed by atoms with van der Waals surface area (Å²) in [6, 6.07) is 12.3. The molecule has 0 unspecified atom stereocenters. The SMILES string of the molecule is CO[C@H]1C[C@@H]2CC[C@@H](C)[C@@](O)(O2)C(=O)C(=O)N2CCCC[C@H]2C(=O)O[C@H]([C@H](C)C[C@@H]2CC[C@@H](OCCCCc3cn(CCOCCOCCOCCOCCOCCOCCC(=O)NCc4cnc(N5CCN(c6ccc(-n7c(=O)n(C)c8cnc9ccc(-c%10ccc(C)nc%10)cc9c87)cc6C(F)(F)F)CC5)nc4)nn3)[C@H](OC)C2)CC(=O)[C@H](C)/C=C(\C)[C@@H](O)[C@@H](OC)C(=N)[C@H](C)C[C@H](C)/C=C/C=C/C=C/1C. The molecule has 34 nitrogen and oxygen atoms in total. The molecule has 142 heavy (non-hydrogen) atoms. The number of allylic oxidation sites excluding steroid dienone is 6. The second-order valence-corrected chi connectivity index (χ2v) is 38.3. The minimum absolute atomic E-state index is 0.00253. The van der Waals surface area contributed by atoms with Crippen molar-refractivity contribution >= 4 is 68.6 Å². The van der Waals surface area contributed by atoms with Gasteiger partial charge in [0.2, 0.25) is 17.6 Å². The van der Waals surface area contributed by atoms with Gasteiger partial charge in [-0.2, -0.15) is 13.2 Å². The fraction of sp³-hybridized carbons (Fsp3) is 0.610. The number of carbonyl (C=O) groups excluding carboxylic acids is 5. The Bertz CT molecular complexity index is 5470. The first-order chi connectivity index (χ1) is 68.3. The maximum Gasteiger partial charge on any atom is 0.418 e. The van der Waals surface area contributed by atoms with E-state index in [1.807, 2.05) is 99.5 Å². The number of nitrogens with one attached hydrogen (secondary N) is 2. The second-order valence-electron chi connectivity index (χ2n) is 38.3. The Balaban J connectivity index is 0.484. The molecule has 0 spiro atoms. The number of hydrogen-bond acceptors (Lipinski definition) is 29. The van der Waals surface area contributed by atoms with Crippen molar-refractivity contribution < 1.29 is 104 Å². The van der Waals surface area contributed by atoms with Crippen LogP contribution in [0.5, 0.6) is 0 Å². The maximum atomic E-state index is 15.1. The Hall–Kier alpha value is -10.3. The summed E-state index contributed by atoms with van der Waals surface area (Å²) in [5.74, 6) is -7.36. The molecule has 2 amide bonds. The van der Waals surface area contributed by atoms with E-state index in [0.29, 0.717) is 189 Å². The third-order valence-electron chi connectivity index (χ3n) is 27.8.